The molecule has 3 rings (SSSR count). The maximum absolute atomic E-state index is 8.91. The molecule has 148 valence electrons. The molecule has 0 fully saturated rings. The number of unbranched alkanes of at least 4 members (excludes halogenated alkanes) is 3. The van der Waals surface area contributed by atoms with Gasteiger partial charge in [0.1, 0.15) is 0 Å². The van der Waals surface area contributed by atoms with Crippen molar-refractivity contribution in [1.29, 1.82) is 0 Å². The van der Waals surface area contributed by atoms with Crippen LogP contribution in [0.5, 0.6) is 0 Å². The van der Waals surface area contributed by atoms with Gasteiger partial charge in [0.25, 0.3) is 0 Å². The molecule has 2 N–H and O–H groups in total. The van der Waals surface area contributed by atoms with Crippen LogP contribution in [-0.2, 0) is 0 Å². The summed E-state index contributed by atoms with van der Waals surface area (Å²) in [7, 11) is 1.97. The van der Waals surface area contributed by atoms with E-state index in [-0.39, 0.29) is 0 Å². The van der Waals surface area contributed by atoms with Crippen LogP contribution in [0.1, 0.15) is 31.2 Å². The Morgan fingerprint density at radius 1 is 1.00 bits per heavy atom. The minimum Gasteiger partial charge on any atom is -0.396 e. The van der Waals surface area contributed by atoms with Crippen molar-refractivity contribution in [3.05, 3.63) is 72.4 Å². The van der Waals surface area contributed by atoms with Crippen molar-refractivity contribution >= 4 is 28.7 Å². The Bertz CT molecular complexity index is 816. The molecule has 0 radical (unpaired) electrons. The van der Waals surface area contributed by atoms with E-state index in [2.05, 4.69) is 77.1 Å². The maximum Gasteiger partial charge on any atom is 0.0485 e. The number of aliphatic hydroxyl groups excluding tert-OH is 1. The van der Waals surface area contributed by atoms with Gasteiger partial charge in [0.05, 0.1) is 0 Å². The number of allylic oxidation sites excluding steroid dienone is 2. The molecule has 1 aliphatic rings. The normalized spacial score (nSPS) is 14.4. The van der Waals surface area contributed by atoms with Crippen LogP contribution in [0.3, 0.4) is 0 Å². The van der Waals surface area contributed by atoms with Gasteiger partial charge in [-0.3, -0.25) is 0 Å². The first-order chi connectivity index (χ1) is 13.8. The van der Waals surface area contributed by atoms with E-state index in [1.54, 1.807) is 0 Å². The van der Waals surface area contributed by atoms with Crippen molar-refractivity contribution in [3.63, 3.8) is 0 Å². The predicted molar refractivity (Wildman–Crippen MR) is 123 cm³/mol. The van der Waals surface area contributed by atoms with Gasteiger partial charge in [0, 0.05) is 54.0 Å². The number of hydrogen-bond acceptors (Lipinski definition) is 4. The molecule has 1 aliphatic heterocycles. The lowest BCUT2D eigenvalue weighted by atomic mass is 9.99. The summed E-state index contributed by atoms with van der Waals surface area (Å²) < 4.78 is 0. The molecule has 0 atom stereocenters. The van der Waals surface area contributed by atoms with Crippen LogP contribution >= 0.6 is 11.8 Å². The van der Waals surface area contributed by atoms with Gasteiger partial charge in [-0.15, -0.1) is 11.8 Å². The molecular weight excluding hydrogens is 364 g/mol. The number of rotatable bonds is 10. The van der Waals surface area contributed by atoms with Crippen molar-refractivity contribution < 1.29 is 5.11 Å². The third kappa shape index (κ3) is 5.43. The summed E-state index contributed by atoms with van der Waals surface area (Å²) in [6.45, 7) is 1.33. The van der Waals surface area contributed by atoms with Crippen molar-refractivity contribution in [2.75, 3.05) is 36.2 Å². The van der Waals surface area contributed by atoms with Gasteiger partial charge in [-0.1, -0.05) is 49.2 Å². The first kappa shape index (κ1) is 20.6. The summed E-state index contributed by atoms with van der Waals surface area (Å²) in [5, 5.41) is 12.2. The lowest BCUT2D eigenvalue weighted by molar-refractivity contribution is 0.282. The molecule has 0 saturated heterocycles. The van der Waals surface area contributed by atoms with Crippen LogP contribution in [0.25, 0.3) is 5.57 Å². The fourth-order valence-electron chi connectivity index (χ4n) is 3.45. The van der Waals surface area contributed by atoms with Crippen molar-refractivity contribution in [2.24, 2.45) is 0 Å². The average Bonchev–Trinajstić information content (AvgIpc) is 2.75. The molecular formula is C24H30N2OS. The number of thioether (sulfide) groups is 1. The zero-order valence-corrected chi connectivity index (χ0v) is 17.4. The van der Waals surface area contributed by atoms with Crippen LogP contribution in [-0.4, -0.2) is 31.1 Å². The second-order valence-corrected chi connectivity index (χ2v) is 7.94. The molecule has 2 aromatic rings. The number of fused-ring (bicyclic) bond motifs is 1. The minimum absolute atomic E-state index is 0.303. The highest BCUT2D eigenvalue weighted by Gasteiger charge is 2.15. The number of hydrogen-bond donors (Lipinski definition) is 2. The molecule has 28 heavy (non-hydrogen) atoms. The fraction of sp³-hybridized carbons (Fsp3) is 0.333. The summed E-state index contributed by atoms with van der Waals surface area (Å²) in [6, 6.07) is 17.1. The molecule has 0 unspecified atom stereocenters. The topological polar surface area (TPSA) is 35.5 Å². The van der Waals surface area contributed by atoms with E-state index in [0.29, 0.717) is 6.61 Å². The van der Waals surface area contributed by atoms with Crippen molar-refractivity contribution in [2.45, 2.75) is 30.6 Å². The van der Waals surface area contributed by atoms with E-state index in [0.717, 1.165) is 38.0 Å². The summed E-state index contributed by atoms with van der Waals surface area (Å²) >= 11 is 1.86. The molecule has 1 heterocycles. The highest BCUT2D eigenvalue weighted by Crippen LogP contribution is 2.34. The summed E-state index contributed by atoms with van der Waals surface area (Å²) in [4.78, 5) is 3.63. The average molecular weight is 395 g/mol. The number of nitrogens with zero attached hydrogens (tertiary/aromatic N) is 1. The molecule has 0 bridgehead atoms. The van der Waals surface area contributed by atoms with E-state index in [4.69, 9.17) is 5.11 Å². The fourth-order valence-corrected chi connectivity index (χ4v) is 4.39. The van der Waals surface area contributed by atoms with E-state index in [9.17, 15) is 0 Å². The lowest BCUT2D eigenvalue weighted by Gasteiger charge is -2.27. The van der Waals surface area contributed by atoms with Gasteiger partial charge in [-0.25, -0.2) is 0 Å². The molecule has 0 spiro atoms. The molecule has 2 aromatic carbocycles. The SMILES string of the molecule is CNc1ccccc1SCC=C1C=CN(CCCCCCO)c2ccccc21. The Hall–Kier alpha value is -2.17. The van der Waals surface area contributed by atoms with Gasteiger partial charge < -0.3 is 15.3 Å². The number of benzene rings is 2. The molecule has 0 aliphatic carbocycles. The Morgan fingerprint density at radius 3 is 2.64 bits per heavy atom. The molecule has 0 saturated carbocycles. The van der Waals surface area contributed by atoms with E-state index < -0.39 is 0 Å². The number of aliphatic hydroxyl groups is 1. The zero-order chi connectivity index (χ0) is 19.6. The highest BCUT2D eigenvalue weighted by molar-refractivity contribution is 7.99. The van der Waals surface area contributed by atoms with E-state index in [1.165, 1.54) is 27.4 Å². The van der Waals surface area contributed by atoms with Crippen LogP contribution < -0.4 is 10.2 Å². The molecule has 0 amide bonds. The second kappa shape index (κ2) is 11.0. The Labute approximate surface area is 173 Å². The van der Waals surface area contributed by atoms with Gasteiger partial charge in [0.15, 0.2) is 0 Å². The second-order valence-electron chi connectivity index (χ2n) is 6.88. The highest BCUT2D eigenvalue weighted by atomic mass is 32.2. The quantitative estimate of drug-likeness (QED) is 0.395. The molecule has 4 heteroatoms. The van der Waals surface area contributed by atoms with Gasteiger partial charge in [0.2, 0.25) is 0 Å². The summed E-state index contributed by atoms with van der Waals surface area (Å²) in [5.74, 6) is 0.938. The first-order valence-corrected chi connectivity index (χ1v) is 11.1. The number of para-hydroxylation sites is 2. The maximum atomic E-state index is 8.91. The largest absolute Gasteiger partial charge is 0.396 e. The van der Waals surface area contributed by atoms with Crippen molar-refractivity contribution in [1.82, 2.24) is 0 Å². The molecule has 0 aromatic heterocycles. The Kier molecular flexibility index (Phi) is 8.07. The Balaban J connectivity index is 1.65. The van der Waals surface area contributed by atoms with Crippen molar-refractivity contribution in [3.8, 4) is 0 Å². The third-order valence-corrected chi connectivity index (χ3v) is 5.96. The first-order valence-electron chi connectivity index (χ1n) is 10.1. The summed E-state index contributed by atoms with van der Waals surface area (Å²) in [6.07, 6.45) is 11.1. The smallest absolute Gasteiger partial charge is 0.0485 e. The van der Waals surface area contributed by atoms with Crippen LogP contribution in [0, 0.1) is 0 Å². The third-order valence-electron chi connectivity index (χ3n) is 4.96. The van der Waals surface area contributed by atoms with Gasteiger partial charge in [-0.2, -0.15) is 0 Å². The Morgan fingerprint density at radius 2 is 1.79 bits per heavy atom. The lowest BCUT2D eigenvalue weighted by Crippen LogP contribution is -2.21. The minimum atomic E-state index is 0.303. The standard InChI is InChI=1S/C24H30N2OS/c1-25-22-11-5-7-13-24(22)28-19-15-20-14-17-26(16-8-2-3-9-18-27)23-12-6-4-10-21(20)23/h4-7,10-15,17,25,27H,2-3,8-9,16,18-19H2,1H3. The van der Waals surface area contributed by atoms with Gasteiger partial charge >= 0.3 is 0 Å². The van der Waals surface area contributed by atoms with E-state index >= 15 is 0 Å². The van der Waals surface area contributed by atoms with Crippen LogP contribution in [0.2, 0.25) is 0 Å². The zero-order valence-electron chi connectivity index (χ0n) is 16.6. The number of anilines is 2. The predicted octanol–water partition coefficient (Wildman–Crippen LogP) is 5.79. The number of nitrogens with one attached hydrogen (secondary N) is 1. The van der Waals surface area contributed by atoms with Crippen LogP contribution in [0.4, 0.5) is 11.4 Å². The monoisotopic (exact) mass is 394 g/mol. The van der Waals surface area contributed by atoms with Crippen LogP contribution in [0.15, 0.2) is 71.8 Å². The summed E-state index contributed by atoms with van der Waals surface area (Å²) in [5.41, 5.74) is 5.07. The van der Waals surface area contributed by atoms with Gasteiger partial charge in [-0.05, 0) is 42.7 Å². The van der Waals surface area contributed by atoms with E-state index in [1.807, 2.05) is 18.8 Å². The molecule has 3 nitrogen and oxygen atoms in total.